The standard InChI is InChI=1S/C7H5Cl2NO2/c1-3-4(7(11)12)2-5(8)6(9)10-3/h2H,1H3,(H,11,12). The van der Waals surface area contributed by atoms with E-state index in [9.17, 15) is 4.79 Å². The number of carbonyl (C=O) groups is 1. The fraction of sp³-hybridized carbons (Fsp3) is 0.143. The molecule has 0 radical (unpaired) electrons. The highest BCUT2D eigenvalue weighted by atomic mass is 35.5. The van der Waals surface area contributed by atoms with Crippen molar-refractivity contribution in [3.63, 3.8) is 0 Å². The van der Waals surface area contributed by atoms with E-state index in [4.69, 9.17) is 28.3 Å². The van der Waals surface area contributed by atoms with Crippen LogP contribution in [0.4, 0.5) is 0 Å². The molecule has 3 nitrogen and oxygen atoms in total. The Kier molecular flexibility index (Phi) is 2.55. The molecule has 64 valence electrons. The molecule has 1 heterocycles. The molecule has 0 spiro atoms. The van der Waals surface area contributed by atoms with Crippen LogP contribution in [0.2, 0.25) is 10.2 Å². The fourth-order valence-corrected chi connectivity index (χ4v) is 1.10. The van der Waals surface area contributed by atoms with Crippen molar-refractivity contribution in [1.29, 1.82) is 0 Å². The highest BCUT2D eigenvalue weighted by molar-refractivity contribution is 6.41. The lowest BCUT2D eigenvalue weighted by Crippen LogP contribution is -2.01. The first-order valence-electron chi connectivity index (χ1n) is 3.08. The van der Waals surface area contributed by atoms with E-state index in [0.29, 0.717) is 5.69 Å². The zero-order chi connectivity index (χ0) is 9.30. The number of rotatable bonds is 1. The molecule has 0 atom stereocenters. The number of carboxylic acids is 1. The molecule has 0 unspecified atom stereocenters. The molecular formula is C7H5Cl2NO2. The summed E-state index contributed by atoms with van der Waals surface area (Å²) in [6.45, 7) is 1.56. The van der Waals surface area contributed by atoms with E-state index in [1.165, 1.54) is 6.07 Å². The number of hydrogen-bond acceptors (Lipinski definition) is 2. The Morgan fingerprint density at radius 1 is 1.58 bits per heavy atom. The Hall–Kier alpha value is -0.800. The van der Waals surface area contributed by atoms with E-state index >= 15 is 0 Å². The van der Waals surface area contributed by atoms with Gasteiger partial charge in [-0.15, -0.1) is 0 Å². The molecular weight excluding hydrogens is 201 g/mol. The lowest BCUT2D eigenvalue weighted by Gasteiger charge is -2.01. The first-order valence-corrected chi connectivity index (χ1v) is 3.84. The molecule has 0 aliphatic heterocycles. The topological polar surface area (TPSA) is 50.2 Å². The summed E-state index contributed by atoms with van der Waals surface area (Å²) in [6, 6.07) is 1.29. The molecule has 1 aromatic rings. The van der Waals surface area contributed by atoms with E-state index in [-0.39, 0.29) is 15.7 Å². The van der Waals surface area contributed by atoms with Gasteiger partial charge in [0.1, 0.15) is 5.15 Å². The Balaban J connectivity index is 3.33. The predicted octanol–water partition coefficient (Wildman–Crippen LogP) is 2.40. The van der Waals surface area contributed by atoms with Gasteiger partial charge < -0.3 is 5.11 Å². The van der Waals surface area contributed by atoms with Crippen molar-refractivity contribution in [1.82, 2.24) is 4.98 Å². The van der Waals surface area contributed by atoms with Gasteiger partial charge in [0.05, 0.1) is 16.3 Å². The van der Waals surface area contributed by atoms with Crippen LogP contribution >= 0.6 is 23.2 Å². The zero-order valence-corrected chi connectivity index (χ0v) is 7.65. The third-order valence-corrected chi connectivity index (χ3v) is 2.03. The maximum absolute atomic E-state index is 10.5. The number of pyridine rings is 1. The summed E-state index contributed by atoms with van der Waals surface area (Å²) in [5, 5.41) is 8.92. The molecule has 0 fully saturated rings. The normalized spacial score (nSPS) is 9.92. The first kappa shape index (κ1) is 9.29. The summed E-state index contributed by atoms with van der Waals surface area (Å²) in [6.07, 6.45) is 0. The monoisotopic (exact) mass is 205 g/mol. The lowest BCUT2D eigenvalue weighted by molar-refractivity contribution is 0.0695. The van der Waals surface area contributed by atoms with Gasteiger partial charge >= 0.3 is 5.97 Å². The van der Waals surface area contributed by atoms with Crippen LogP contribution in [-0.4, -0.2) is 16.1 Å². The smallest absolute Gasteiger partial charge is 0.337 e. The Bertz CT molecular complexity index is 338. The molecule has 0 bridgehead atoms. The van der Waals surface area contributed by atoms with Crippen molar-refractivity contribution in [2.75, 3.05) is 0 Å². The van der Waals surface area contributed by atoms with Gasteiger partial charge in [0, 0.05) is 0 Å². The van der Waals surface area contributed by atoms with E-state index in [1.54, 1.807) is 6.92 Å². The average Bonchev–Trinajstić information content (AvgIpc) is 1.96. The molecule has 0 saturated heterocycles. The van der Waals surface area contributed by atoms with E-state index in [1.807, 2.05) is 0 Å². The third kappa shape index (κ3) is 1.68. The van der Waals surface area contributed by atoms with Gasteiger partial charge in [0.15, 0.2) is 0 Å². The minimum absolute atomic E-state index is 0.0735. The molecule has 1 rings (SSSR count). The lowest BCUT2D eigenvalue weighted by atomic mass is 10.2. The minimum Gasteiger partial charge on any atom is -0.478 e. The van der Waals surface area contributed by atoms with Crippen LogP contribution < -0.4 is 0 Å². The molecule has 0 aliphatic rings. The number of aromatic carboxylic acids is 1. The summed E-state index contributed by atoms with van der Waals surface area (Å²) >= 11 is 11.1. The molecule has 1 N–H and O–H groups in total. The second-order valence-electron chi connectivity index (χ2n) is 2.20. The zero-order valence-electron chi connectivity index (χ0n) is 6.14. The van der Waals surface area contributed by atoms with Crippen LogP contribution in [0.3, 0.4) is 0 Å². The maximum Gasteiger partial charge on any atom is 0.337 e. The van der Waals surface area contributed by atoms with Gasteiger partial charge in [-0.1, -0.05) is 23.2 Å². The number of aromatic nitrogens is 1. The fourth-order valence-electron chi connectivity index (χ4n) is 0.768. The summed E-state index contributed by atoms with van der Waals surface area (Å²) in [7, 11) is 0. The van der Waals surface area contributed by atoms with Crippen LogP contribution in [0.1, 0.15) is 16.1 Å². The summed E-state index contributed by atoms with van der Waals surface area (Å²) in [4.78, 5) is 14.3. The Morgan fingerprint density at radius 2 is 2.17 bits per heavy atom. The number of halogens is 2. The van der Waals surface area contributed by atoms with Crippen LogP contribution in [0.15, 0.2) is 6.07 Å². The third-order valence-electron chi connectivity index (χ3n) is 1.35. The van der Waals surface area contributed by atoms with Crippen LogP contribution in [-0.2, 0) is 0 Å². The van der Waals surface area contributed by atoms with Gasteiger partial charge in [0.2, 0.25) is 0 Å². The van der Waals surface area contributed by atoms with E-state index in [2.05, 4.69) is 4.98 Å². The van der Waals surface area contributed by atoms with Crippen molar-refractivity contribution in [3.8, 4) is 0 Å². The quantitative estimate of drug-likeness (QED) is 0.717. The summed E-state index contributed by atoms with van der Waals surface area (Å²) in [5.41, 5.74) is 0.432. The number of carboxylic acid groups (broad SMARTS) is 1. The predicted molar refractivity (Wildman–Crippen MR) is 46.0 cm³/mol. The molecule has 0 amide bonds. The summed E-state index contributed by atoms with van der Waals surface area (Å²) < 4.78 is 0. The second kappa shape index (κ2) is 3.29. The molecule has 12 heavy (non-hydrogen) atoms. The van der Waals surface area contributed by atoms with Gasteiger partial charge in [-0.25, -0.2) is 9.78 Å². The highest BCUT2D eigenvalue weighted by Gasteiger charge is 2.11. The van der Waals surface area contributed by atoms with Gasteiger partial charge in [-0.2, -0.15) is 0 Å². The van der Waals surface area contributed by atoms with Crippen molar-refractivity contribution < 1.29 is 9.90 Å². The second-order valence-corrected chi connectivity index (χ2v) is 2.96. The van der Waals surface area contributed by atoms with Gasteiger partial charge in [-0.3, -0.25) is 0 Å². The molecule has 0 aromatic carbocycles. The van der Waals surface area contributed by atoms with Crippen LogP contribution in [0, 0.1) is 6.92 Å². The number of nitrogens with zero attached hydrogens (tertiary/aromatic N) is 1. The van der Waals surface area contributed by atoms with Gasteiger partial charge in [0.25, 0.3) is 0 Å². The SMILES string of the molecule is Cc1nc(Cl)c(Cl)cc1C(=O)O. The number of aryl methyl sites for hydroxylation is 1. The number of hydrogen-bond donors (Lipinski definition) is 1. The minimum atomic E-state index is -1.06. The molecule has 0 aliphatic carbocycles. The highest BCUT2D eigenvalue weighted by Crippen LogP contribution is 2.22. The molecule has 1 aromatic heterocycles. The Labute approximate surface area is 78.9 Å². The van der Waals surface area contributed by atoms with Crippen molar-refractivity contribution in [2.24, 2.45) is 0 Å². The average molecular weight is 206 g/mol. The maximum atomic E-state index is 10.5. The van der Waals surface area contributed by atoms with E-state index in [0.717, 1.165) is 0 Å². The Morgan fingerprint density at radius 3 is 2.67 bits per heavy atom. The van der Waals surface area contributed by atoms with Crippen molar-refractivity contribution in [2.45, 2.75) is 6.92 Å². The molecule has 0 saturated carbocycles. The van der Waals surface area contributed by atoms with Crippen molar-refractivity contribution in [3.05, 3.63) is 27.5 Å². The largest absolute Gasteiger partial charge is 0.478 e. The van der Waals surface area contributed by atoms with Crippen LogP contribution in [0.5, 0.6) is 0 Å². The van der Waals surface area contributed by atoms with Crippen molar-refractivity contribution >= 4 is 29.2 Å². The van der Waals surface area contributed by atoms with Gasteiger partial charge in [-0.05, 0) is 13.0 Å². The molecule has 5 heteroatoms. The first-order chi connectivity index (χ1) is 5.52. The summed E-state index contributed by atoms with van der Waals surface area (Å²) in [5.74, 6) is -1.06. The van der Waals surface area contributed by atoms with Crippen LogP contribution in [0.25, 0.3) is 0 Å². The van der Waals surface area contributed by atoms with E-state index < -0.39 is 5.97 Å².